The minimum atomic E-state index is -0.210. The maximum atomic E-state index is 12.1. The lowest BCUT2D eigenvalue weighted by Crippen LogP contribution is -2.21. The topological polar surface area (TPSA) is 119 Å². The molecule has 0 aliphatic rings. The summed E-state index contributed by atoms with van der Waals surface area (Å²) in [6.45, 7) is 1.93. The van der Waals surface area contributed by atoms with Crippen molar-refractivity contribution in [3.05, 3.63) is 33.8 Å². The van der Waals surface area contributed by atoms with Crippen LogP contribution in [0.4, 0.5) is 10.3 Å². The van der Waals surface area contributed by atoms with Crippen LogP contribution in [0.3, 0.4) is 0 Å². The van der Waals surface area contributed by atoms with Crippen LogP contribution in [0, 0.1) is 6.92 Å². The molecule has 0 atom stereocenters. The van der Waals surface area contributed by atoms with Crippen molar-refractivity contribution in [2.45, 2.75) is 13.3 Å². The molecule has 0 aliphatic heterocycles. The van der Waals surface area contributed by atoms with Gasteiger partial charge in [-0.2, -0.15) is 4.99 Å². The summed E-state index contributed by atoms with van der Waals surface area (Å²) in [7, 11) is 0. The molecule has 1 amide bonds. The monoisotopic (exact) mass is 380 g/mol. The third kappa shape index (κ3) is 3.81. The SMILES string of the molecule is Cc1cc2sc(NC(=O)Cc3csc(N=C(N)N)n3)nc2cc1Cl. The van der Waals surface area contributed by atoms with Gasteiger partial charge in [0.05, 0.1) is 22.3 Å². The number of nitrogens with two attached hydrogens (primary N) is 2. The van der Waals surface area contributed by atoms with Gasteiger partial charge in [0.1, 0.15) is 0 Å². The molecule has 124 valence electrons. The zero-order chi connectivity index (χ0) is 17.3. The Morgan fingerprint density at radius 2 is 2.17 bits per heavy atom. The second kappa shape index (κ2) is 6.71. The molecule has 7 nitrogen and oxygen atoms in total. The Bertz CT molecular complexity index is 905. The number of nitrogens with one attached hydrogen (secondary N) is 1. The van der Waals surface area contributed by atoms with Gasteiger partial charge in [0, 0.05) is 10.4 Å². The number of carbonyl (C=O) groups excluding carboxylic acids is 1. The predicted molar refractivity (Wildman–Crippen MR) is 99.3 cm³/mol. The summed E-state index contributed by atoms with van der Waals surface area (Å²) < 4.78 is 0.968. The lowest BCUT2D eigenvalue weighted by molar-refractivity contribution is -0.115. The van der Waals surface area contributed by atoms with E-state index < -0.39 is 0 Å². The van der Waals surface area contributed by atoms with Gasteiger partial charge in [-0.05, 0) is 24.6 Å². The van der Waals surface area contributed by atoms with Crippen molar-refractivity contribution >= 4 is 66.6 Å². The van der Waals surface area contributed by atoms with Crippen molar-refractivity contribution in [2.24, 2.45) is 16.5 Å². The van der Waals surface area contributed by atoms with Crippen LogP contribution < -0.4 is 16.8 Å². The maximum Gasteiger partial charge on any atom is 0.232 e. The average molecular weight is 381 g/mol. The molecule has 3 rings (SSSR count). The lowest BCUT2D eigenvalue weighted by atomic mass is 10.2. The number of amides is 1. The van der Waals surface area contributed by atoms with Gasteiger partial charge in [-0.3, -0.25) is 4.79 Å². The fourth-order valence-corrected chi connectivity index (χ4v) is 3.80. The molecule has 3 aromatic rings. The van der Waals surface area contributed by atoms with E-state index in [1.54, 1.807) is 11.4 Å². The van der Waals surface area contributed by atoms with E-state index in [2.05, 4.69) is 20.3 Å². The molecule has 5 N–H and O–H groups in total. The summed E-state index contributed by atoms with van der Waals surface area (Å²) in [6.07, 6.45) is 0.117. The lowest BCUT2D eigenvalue weighted by Gasteiger charge is -1.98. The largest absolute Gasteiger partial charge is 0.370 e. The van der Waals surface area contributed by atoms with E-state index in [1.165, 1.54) is 22.7 Å². The molecule has 0 fully saturated rings. The Morgan fingerprint density at radius 3 is 2.92 bits per heavy atom. The highest BCUT2D eigenvalue weighted by Gasteiger charge is 2.12. The standard InChI is InChI=1S/C14H13ClN6OS2/c1-6-2-10-9(4-8(6)15)19-14(24-10)20-11(22)3-7-5-23-13(18-7)21-12(16)17/h2,4-5H,3H2,1H3,(H,19,20,22)(H4,16,17,18,21). The molecule has 0 unspecified atom stereocenters. The molecule has 0 spiro atoms. The third-order valence-electron chi connectivity index (χ3n) is 3.02. The summed E-state index contributed by atoms with van der Waals surface area (Å²) in [5.41, 5.74) is 12.9. The molecule has 0 aliphatic carbocycles. The summed E-state index contributed by atoms with van der Waals surface area (Å²) in [5, 5.41) is 6.11. The molecule has 0 saturated carbocycles. The van der Waals surface area contributed by atoms with Gasteiger partial charge in [-0.1, -0.05) is 22.9 Å². The normalized spacial score (nSPS) is 10.8. The number of halogens is 1. The van der Waals surface area contributed by atoms with E-state index in [9.17, 15) is 4.79 Å². The molecule has 10 heteroatoms. The minimum Gasteiger partial charge on any atom is -0.370 e. The Morgan fingerprint density at radius 1 is 1.38 bits per heavy atom. The molecular weight excluding hydrogens is 368 g/mol. The number of aryl methyl sites for hydroxylation is 1. The number of thiazole rings is 2. The van der Waals surface area contributed by atoms with E-state index >= 15 is 0 Å². The molecule has 0 radical (unpaired) electrons. The molecule has 0 saturated heterocycles. The summed E-state index contributed by atoms with van der Waals surface area (Å²) in [6, 6.07) is 3.74. The third-order valence-corrected chi connectivity index (χ3v) is 5.15. The van der Waals surface area contributed by atoms with Crippen molar-refractivity contribution in [3.63, 3.8) is 0 Å². The summed E-state index contributed by atoms with van der Waals surface area (Å²) in [5.74, 6) is -0.276. The zero-order valence-electron chi connectivity index (χ0n) is 12.5. The van der Waals surface area contributed by atoms with E-state index in [1.807, 2.05) is 13.0 Å². The molecule has 0 bridgehead atoms. The number of nitrogens with zero attached hydrogens (tertiary/aromatic N) is 3. The van der Waals surface area contributed by atoms with Gasteiger partial charge in [0.15, 0.2) is 11.1 Å². The number of aromatic nitrogens is 2. The molecule has 1 aromatic carbocycles. The fraction of sp³-hybridized carbons (Fsp3) is 0.143. The van der Waals surface area contributed by atoms with Crippen LogP contribution in [0.2, 0.25) is 5.02 Å². The van der Waals surface area contributed by atoms with Crippen LogP contribution >= 0.6 is 34.3 Å². The number of aliphatic imine (C=N–C) groups is 1. The first kappa shape index (κ1) is 16.6. The van der Waals surface area contributed by atoms with Crippen molar-refractivity contribution in [1.29, 1.82) is 0 Å². The van der Waals surface area contributed by atoms with E-state index in [0.717, 1.165) is 15.8 Å². The van der Waals surface area contributed by atoms with Crippen molar-refractivity contribution in [1.82, 2.24) is 9.97 Å². The highest BCUT2D eigenvalue weighted by molar-refractivity contribution is 7.22. The Balaban J connectivity index is 1.70. The van der Waals surface area contributed by atoms with Gasteiger partial charge >= 0.3 is 0 Å². The average Bonchev–Trinajstić information content (AvgIpc) is 3.05. The molecular formula is C14H13ClN6OS2. The number of fused-ring (bicyclic) bond motifs is 1. The quantitative estimate of drug-likeness (QED) is 0.475. The fourth-order valence-electron chi connectivity index (χ4n) is 1.97. The van der Waals surface area contributed by atoms with Gasteiger partial charge in [0.25, 0.3) is 0 Å². The number of benzene rings is 1. The van der Waals surface area contributed by atoms with Crippen LogP contribution in [0.5, 0.6) is 0 Å². The number of carbonyl (C=O) groups is 1. The Kier molecular flexibility index (Phi) is 4.65. The van der Waals surface area contributed by atoms with Crippen molar-refractivity contribution in [2.75, 3.05) is 5.32 Å². The first-order valence-corrected chi connectivity index (χ1v) is 8.88. The predicted octanol–water partition coefficient (Wildman–Crippen LogP) is 2.80. The summed E-state index contributed by atoms with van der Waals surface area (Å²) in [4.78, 5) is 24.5. The zero-order valence-corrected chi connectivity index (χ0v) is 14.9. The van der Waals surface area contributed by atoms with Gasteiger partial charge in [-0.15, -0.1) is 11.3 Å². The van der Waals surface area contributed by atoms with E-state index in [4.69, 9.17) is 23.1 Å². The highest BCUT2D eigenvalue weighted by Crippen LogP contribution is 2.30. The van der Waals surface area contributed by atoms with E-state index in [0.29, 0.717) is 21.0 Å². The Labute approximate surface area is 150 Å². The van der Waals surface area contributed by atoms with Crippen LogP contribution in [-0.2, 0) is 11.2 Å². The minimum absolute atomic E-state index is 0.0659. The van der Waals surface area contributed by atoms with E-state index in [-0.39, 0.29) is 18.3 Å². The number of hydrogen-bond acceptors (Lipinski definition) is 6. The second-order valence-corrected chi connectivity index (χ2v) is 7.25. The molecule has 2 heterocycles. The second-order valence-electron chi connectivity index (χ2n) is 4.97. The van der Waals surface area contributed by atoms with Crippen LogP contribution in [0.25, 0.3) is 10.2 Å². The van der Waals surface area contributed by atoms with Gasteiger partial charge in [-0.25, -0.2) is 9.97 Å². The number of guanidine groups is 1. The first-order chi connectivity index (χ1) is 11.4. The number of anilines is 1. The van der Waals surface area contributed by atoms with Crippen LogP contribution in [0.1, 0.15) is 11.3 Å². The van der Waals surface area contributed by atoms with Crippen molar-refractivity contribution in [3.8, 4) is 0 Å². The van der Waals surface area contributed by atoms with Crippen molar-refractivity contribution < 1.29 is 4.79 Å². The maximum absolute atomic E-state index is 12.1. The number of hydrogen-bond donors (Lipinski definition) is 3. The molecule has 24 heavy (non-hydrogen) atoms. The molecule has 2 aromatic heterocycles. The number of rotatable bonds is 4. The van der Waals surface area contributed by atoms with Gasteiger partial charge < -0.3 is 16.8 Å². The summed E-state index contributed by atoms with van der Waals surface area (Å²) >= 11 is 8.76. The Hall–Kier alpha value is -2.23. The first-order valence-electron chi connectivity index (χ1n) is 6.81. The highest BCUT2D eigenvalue weighted by atomic mass is 35.5. The smallest absolute Gasteiger partial charge is 0.232 e. The van der Waals surface area contributed by atoms with Crippen LogP contribution in [-0.4, -0.2) is 21.8 Å². The van der Waals surface area contributed by atoms with Gasteiger partial charge in [0.2, 0.25) is 11.0 Å². The van der Waals surface area contributed by atoms with Crippen LogP contribution in [0.15, 0.2) is 22.5 Å².